The van der Waals surface area contributed by atoms with Gasteiger partial charge in [0.25, 0.3) is 0 Å². The van der Waals surface area contributed by atoms with E-state index < -0.39 is 0 Å². The number of nitrogens with one attached hydrogen (secondary N) is 1. The van der Waals surface area contributed by atoms with E-state index >= 15 is 0 Å². The number of likely N-dealkylation sites (N-methyl/N-ethyl adjacent to an activating group) is 2. The lowest BCUT2D eigenvalue weighted by molar-refractivity contribution is 0.112. The number of hydrogen-bond donors (Lipinski definition) is 1. The Morgan fingerprint density at radius 3 is 2.53 bits per heavy atom. The second-order valence-electron chi connectivity index (χ2n) is 5.15. The number of nitrogens with zero attached hydrogens (tertiary/aromatic N) is 2. The molecule has 0 spiro atoms. The van der Waals surface area contributed by atoms with Crippen LogP contribution in [0.15, 0.2) is 0 Å². The molecule has 2 fully saturated rings. The zero-order valence-electron chi connectivity index (χ0n) is 11.0. The molecule has 1 N–H and O–H groups in total. The molecule has 2 heterocycles. The Bertz CT molecular complexity index is 220. The molecule has 3 nitrogen and oxygen atoms in total. The molecule has 2 aliphatic heterocycles. The van der Waals surface area contributed by atoms with E-state index in [9.17, 15) is 0 Å². The molecule has 0 saturated carbocycles. The average molecular weight is 275 g/mol. The second kappa shape index (κ2) is 7.24. The number of rotatable bonds is 3. The standard InChI is InChI=1S/C12H25N3S2/c1-14-3-4-15(2)12(8-14)7-13-11-9-16-5-6-17-10-11/h11-13H,3-10H2,1-2H3/t12-/m1/s1. The molecule has 0 aromatic rings. The van der Waals surface area contributed by atoms with Gasteiger partial charge in [-0.2, -0.15) is 23.5 Å². The van der Waals surface area contributed by atoms with Gasteiger partial charge in [-0.15, -0.1) is 0 Å². The monoisotopic (exact) mass is 275 g/mol. The van der Waals surface area contributed by atoms with Crippen molar-refractivity contribution in [2.75, 3.05) is 63.3 Å². The maximum absolute atomic E-state index is 3.77. The first-order valence-corrected chi connectivity index (χ1v) is 8.84. The Kier molecular flexibility index (Phi) is 5.96. The van der Waals surface area contributed by atoms with Gasteiger partial charge in [0.1, 0.15) is 0 Å². The van der Waals surface area contributed by atoms with Crippen LogP contribution in [-0.4, -0.2) is 85.2 Å². The molecule has 0 aromatic heterocycles. The van der Waals surface area contributed by atoms with E-state index in [1.54, 1.807) is 0 Å². The highest BCUT2D eigenvalue weighted by molar-refractivity contribution is 8.03. The summed E-state index contributed by atoms with van der Waals surface area (Å²) in [5, 5.41) is 3.77. The van der Waals surface area contributed by atoms with Gasteiger partial charge in [0.15, 0.2) is 0 Å². The minimum atomic E-state index is 0.687. The summed E-state index contributed by atoms with van der Waals surface area (Å²) < 4.78 is 0. The zero-order valence-corrected chi connectivity index (χ0v) is 12.7. The van der Waals surface area contributed by atoms with Gasteiger partial charge in [-0.05, 0) is 14.1 Å². The van der Waals surface area contributed by atoms with Crippen LogP contribution in [0.25, 0.3) is 0 Å². The maximum atomic E-state index is 3.77. The van der Waals surface area contributed by atoms with Crippen molar-refractivity contribution >= 4 is 23.5 Å². The van der Waals surface area contributed by atoms with Gasteiger partial charge in [0.2, 0.25) is 0 Å². The molecule has 100 valence electrons. The predicted octanol–water partition coefficient (Wildman–Crippen LogP) is 0.670. The first-order valence-electron chi connectivity index (χ1n) is 6.53. The fourth-order valence-electron chi connectivity index (χ4n) is 2.36. The third-order valence-electron chi connectivity index (χ3n) is 3.63. The highest BCUT2D eigenvalue weighted by Crippen LogP contribution is 2.16. The molecule has 0 radical (unpaired) electrons. The van der Waals surface area contributed by atoms with Crippen LogP contribution < -0.4 is 5.32 Å². The lowest BCUT2D eigenvalue weighted by Crippen LogP contribution is -2.55. The van der Waals surface area contributed by atoms with Crippen LogP contribution in [0.1, 0.15) is 0 Å². The van der Waals surface area contributed by atoms with Crippen molar-refractivity contribution < 1.29 is 0 Å². The molecular weight excluding hydrogens is 250 g/mol. The average Bonchev–Trinajstić information content (AvgIpc) is 2.59. The Labute approximate surface area is 114 Å². The molecule has 0 aliphatic carbocycles. The molecular formula is C12H25N3S2. The van der Waals surface area contributed by atoms with Crippen molar-refractivity contribution in [3.8, 4) is 0 Å². The van der Waals surface area contributed by atoms with Crippen LogP contribution in [0.5, 0.6) is 0 Å². The summed E-state index contributed by atoms with van der Waals surface area (Å²) in [6.07, 6.45) is 0. The van der Waals surface area contributed by atoms with Crippen LogP contribution in [0.3, 0.4) is 0 Å². The third-order valence-corrected chi connectivity index (χ3v) is 6.15. The van der Waals surface area contributed by atoms with E-state index in [1.165, 1.54) is 42.6 Å². The quantitative estimate of drug-likeness (QED) is 0.814. The SMILES string of the molecule is CN1CCN(C)[C@H](CNC2CSCCSC2)C1. The predicted molar refractivity (Wildman–Crippen MR) is 80.4 cm³/mol. The van der Waals surface area contributed by atoms with Gasteiger partial charge >= 0.3 is 0 Å². The van der Waals surface area contributed by atoms with Crippen LogP contribution in [0.4, 0.5) is 0 Å². The van der Waals surface area contributed by atoms with Gasteiger partial charge in [-0.3, -0.25) is 4.90 Å². The van der Waals surface area contributed by atoms with Crippen molar-refractivity contribution in [2.24, 2.45) is 0 Å². The molecule has 0 bridgehead atoms. The number of hydrogen-bond acceptors (Lipinski definition) is 5. The van der Waals surface area contributed by atoms with E-state index in [2.05, 4.69) is 52.7 Å². The summed E-state index contributed by atoms with van der Waals surface area (Å²) in [5.41, 5.74) is 0. The first-order chi connectivity index (χ1) is 8.25. The fraction of sp³-hybridized carbons (Fsp3) is 1.00. The maximum Gasteiger partial charge on any atom is 0.0345 e. The summed E-state index contributed by atoms with van der Waals surface area (Å²) in [6, 6.07) is 1.40. The van der Waals surface area contributed by atoms with Gasteiger partial charge in [-0.1, -0.05) is 0 Å². The molecule has 2 rings (SSSR count). The van der Waals surface area contributed by atoms with Crippen LogP contribution in [0.2, 0.25) is 0 Å². The molecule has 17 heavy (non-hydrogen) atoms. The normalized spacial score (nSPS) is 30.4. The number of piperazine rings is 1. The topological polar surface area (TPSA) is 18.5 Å². The van der Waals surface area contributed by atoms with Crippen molar-refractivity contribution in [2.45, 2.75) is 12.1 Å². The Morgan fingerprint density at radius 1 is 1.12 bits per heavy atom. The lowest BCUT2D eigenvalue weighted by atomic mass is 10.2. The van der Waals surface area contributed by atoms with Crippen molar-refractivity contribution in [1.82, 2.24) is 15.1 Å². The van der Waals surface area contributed by atoms with E-state index in [-0.39, 0.29) is 0 Å². The highest BCUT2D eigenvalue weighted by Gasteiger charge is 2.23. The van der Waals surface area contributed by atoms with Crippen molar-refractivity contribution in [3.05, 3.63) is 0 Å². The summed E-state index contributed by atoms with van der Waals surface area (Å²) in [5.74, 6) is 5.24. The fourth-order valence-corrected chi connectivity index (χ4v) is 4.83. The minimum absolute atomic E-state index is 0.687. The van der Waals surface area contributed by atoms with Crippen LogP contribution in [0, 0.1) is 0 Å². The number of thioether (sulfide) groups is 2. The third kappa shape index (κ3) is 4.63. The van der Waals surface area contributed by atoms with E-state index in [4.69, 9.17) is 0 Å². The van der Waals surface area contributed by atoms with Gasteiger partial charge in [-0.25, -0.2) is 0 Å². The Morgan fingerprint density at radius 2 is 1.82 bits per heavy atom. The first kappa shape index (κ1) is 14.0. The lowest BCUT2D eigenvalue weighted by Gasteiger charge is -2.38. The van der Waals surface area contributed by atoms with Gasteiger partial charge in [0, 0.05) is 61.3 Å². The Hall–Kier alpha value is 0.580. The molecule has 2 aliphatic rings. The summed E-state index contributed by atoms with van der Waals surface area (Å²) in [4.78, 5) is 4.95. The van der Waals surface area contributed by atoms with Gasteiger partial charge < -0.3 is 10.2 Å². The second-order valence-corrected chi connectivity index (χ2v) is 7.45. The van der Waals surface area contributed by atoms with Crippen LogP contribution in [-0.2, 0) is 0 Å². The van der Waals surface area contributed by atoms with Crippen LogP contribution >= 0.6 is 23.5 Å². The van der Waals surface area contributed by atoms with E-state index in [0.717, 1.165) is 6.54 Å². The molecule has 0 amide bonds. The highest BCUT2D eigenvalue weighted by atomic mass is 32.2. The van der Waals surface area contributed by atoms with Crippen molar-refractivity contribution in [3.63, 3.8) is 0 Å². The minimum Gasteiger partial charge on any atom is -0.311 e. The van der Waals surface area contributed by atoms with E-state index in [0.29, 0.717) is 12.1 Å². The van der Waals surface area contributed by atoms with Gasteiger partial charge in [0.05, 0.1) is 0 Å². The molecule has 0 aromatic carbocycles. The molecule has 0 unspecified atom stereocenters. The smallest absolute Gasteiger partial charge is 0.0345 e. The molecule has 1 atom stereocenters. The summed E-state index contributed by atoms with van der Waals surface area (Å²) >= 11 is 4.21. The molecule has 5 heteroatoms. The summed E-state index contributed by atoms with van der Waals surface area (Å²) in [7, 11) is 4.49. The zero-order chi connectivity index (χ0) is 12.1. The molecule has 2 saturated heterocycles. The van der Waals surface area contributed by atoms with E-state index in [1.807, 2.05) is 0 Å². The summed E-state index contributed by atoms with van der Waals surface area (Å²) in [6.45, 7) is 4.77. The Balaban J connectivity index is 1.72. The van der Waals surface area contributed by atoms with Crippen molar-refractivity contribution in [1.29, 1.82) is 0 Å². The largest absolute Gasteiger partial charge is 0.311 e.